The molecule has 0 aliphatic rings. The van der Waals surface area contributed by atoms with Gasteiger partial charge in [0.15, 0.2) is 0 Å². The summed E-state index contributed by atoms with van der Waals surface area (Å²) in [6.07, 6.45) is 2.03. The van der Waals surface area contributed by atoms with Crippen LogP contribution in [-0.2, 0) is 11.3 Å². The van der Waals surface area contributed by atoms with Crippen molar-refractivity contribution >= 4 is 5.91 Å². The Kier molecular flexibility index (Phi) is 5.81. The van der Waals surface area contributed by atoms with E-state index in [2.05, 4.69) is 15.6 Å². The van der Waals surface area contributed by atoms with E-state index < -0.39 is 0 Å². The molecule has 0 spiro atoms. The van der Waals surface area contributed by atoms with E-state index in [1.165, 1.54) is 0 Å². The molecule has 0 aliphatic heterocycles. The summed E-state index contributed by atoms with van der Waals surface area (Å²) < 4.78 is 0. The van der Waals surface area contributed by atoms with Crippen LogP contribution in [0.15, 0.2) is 18.3 Å². The van der Waals surface area contributed by atoms with Crippen LogP contribution in [0, 0.1) is 11.3 Å². The molecule has 0 saturated carbocycles. The Labute approximate surface area is 107 Å². The third-order valence-electron chi connectivity index (χ3n) is 2.29. The van der Waals surface area contributed by atoms with E-state index in [9.17, 15) is 4.79 Å². The lowest BCUT2D eigenvalue weighted by Gasteiger charge is -2.09. The van der Waals surface area contributed by atoms with Crippen LogP contribution in [0.2, 0.25) is 0 Å². The number of nitriles is 1. The van der Waals surface area contributed by atoms with Crippen LogP contribution in [0.25, 0.3) is 0 Å². The minimum Gasteiger partial charge on any atom is -0.354 e. The summed E-state index contributed by atoms with van der Waals surface area (Å²) in [4.78, 5) is 15.3. The molecule has 1 heterocycles. The quantitative estimate of drug-likeness (QED) is 0.733. The fraction of sp³-hybridized carbons (Fsp3) is 0.462. The zero-order chi connectivity index (χ0) is 13.4. The highest BCUT2D eigenvalue weighted by Gasteiger charge is 2.04. The van der Waals surface area contributed by atoms with Crippen molar-refractivity contribution in [3.63, 3.8) is 0 Å². The normalized spacial score (nSPS) is 10.1. The maximum Gasteiger partial charge on any atom is 0.221 e. The van der Waals surface area contributed by atoms with Crippen LogP contribution >= 0.6 is 0 Å². The van der Waals surface area contributed by atoms with Crippen molar-refractivity contribution in [3.05, 3.63) is 29.6 Å². The number of pyridine rings is 1. The van der Waals surface area contributed by atoms with Crippen LogP contribution in [0.3, 0.4) is 0 Å². The minimum absolute atomic E-state index is 0.0317. The van der Waals surface area contributed by atoms with Crippen molar-refractivity contribution < 1.29 is 4.79 Å². The van der Waals surface area contributed by atoms with Gasteiger partial charge in [0.1, 0.15) is 11.8 Å². The number of aromatic nitrogens is 1. The molecule has 0 aliphatic carbocycles. The summed E-state index contributed by atoms with van der Waals surface area (Å²) in [6.45, 7) is 4.99. The molecule has 5 nitrogen and oxygen atoms in total. The highest BCUT2D eigenvalue weighted by Crippen LogP contribution is 2.02. The van der Waals surface area contributed by atoms with Crippen LogP contribution < -0.4 is 10.6 Å². The number of carbonyl (C=O) groups is 1. The maximum absolute atomic E-state index is 11.4. The number of carbonyl (C=O) groups excluding carboxylic acids is 1. The Balaban J connectivity index is 2.30. The summed E-state index contributed by atoms with van der Waals surface area (Å²) in [7, 11) is 0. The zero-order valence-electron chi connectivity index (χ0n) is 10.7. The third-order valence-corrected chi connectivity index (χ3v) is 2.29. The van der Waals surface area contributed by atoms with Crippen molar-refractivity contribution in [2.45, 2.75) is 32.9 Å². The van der Waals surface area contributed by atoms with E-state index in [0.29, 0.717) is 25.2 Å². The maximum atomic E-state index is 11.4. The molecule has 0 bridgehead atoms. The molecule has 1 aromatic rings. The predicted octanol–water partition coefficient (Wildman–Crippen LogP) is 0.958. The van der Waals surface area contributed by atoms with E-state index in [0.717, 1.165) is 5.56 Å². The second kappa shape index (κ2) is 7.41. The average Bonchev–Trinajstić information content (AvgIpc) is 2.34. The summed E-state index contributed by atoms with van der Waals surface area (Å²) in [5, 5.41) is 14.8. The van der Waals surface area contributed by atoms with Gasteiger partial charge in [-0.15, -0.1) is 0 Å². The summed E-state index contributed by atoms with van der Waals surface area (Å²) in [6, 6.07) is 5.86. The Morgan fingerprint density at radius 2 is 2.33 bits per heavy atom. The number of amides is 1. The lowest BCUT2D eigenvalue weighted by atomic mass is 10.2. The highest BCUT2D eigenvalue weighted by atomic mass is 16.1. The van der Waals surface area contributed by atoms with E-state index in [1.807, 2.05) is 26.0 Å². The monoisotopic (exact) mass is 246 g/mol. The van der Waals surface area contributed by atoms with Crippen LogP contribution in [-0.4, -0.2) is 23.5 Å². The molecule has 2 N–H and O–H groups in total. The molecule has 0 unspecified atom stereocenters. The smallest absolute Gasteiger partial charge is 0.221 e. The molecule has 0 atom stereocenters. The standard InChI is InChI=1S/C13H18N4O/c1-10(2)17-13(18)5-7-15-9-11-4-3-6-16-12(11)8-14/h3-4,6,10,15H,5,7,9H2,1-2H3,(H,17,18). The summed E-state index contributed by atoms with van der Waals surface area (Å²) in [5.41, 5.74) is 1.28. The molecule has 96 valence electrons. The third kappa shape index (κ3) is 4.93. The Hall–Kier alpha value is -1.93. The van der Waals surface area contributed by atoms with Gasteiger partial charge in [-0.1, -0.05) is 6.07 Å². The molecule has 0 fully saturated rings. The number of hydrogen-bond donors (Lipinski definition) is 2. The van der Waals surface area contributed by atoms with Crippen molar-refractivity contribution in [1.82, 2.24) is 15.6 Å². The predicted molar refractivity (Wildman–Crippen MR) is 68.6 cm³/mol. The number of hydrogen-bond acceptors (Lipinski definition) is 4. The topological polar surface area (TPSA) is 77.8 Å². The van der Waals surface area contributed by atoms with E-state index >= 15 is 0 Å². The first-order valence-corrected chi connectivity index (χ1v) is 5.97. The first-order valence-electron chi connectivity index (χ1n) is 5.97. The number of nitrogens with zero attached hydrogens (tertiary/aromatic N) is 2. The lowest BCUT2D eigenvalue weighted by molar-refractivity contribution is -0.121. The van der Waals surface area contributed by atoms with Gasteiger partial charge in [-0.25, -0.2) is 4.98 Å². The molecule has 0 radical (unpaired) electrons. The molecule has 0 aromatic carbocycles. The van der Waals surface area contributed by atoms with Gasteiger partial charge >= 0.3 is 0 Å². The highest BCUT2D eigenvalue weighted by molar-refractivity contribution is 5.76. The van der Waals surface area contributed by atoms with Gasteiger partial charge in [-0.05, 0) is 19.9 Å². The average molecular weight is 246 g/mol. The molecule has 1 amide bonds. The second-order valence-corrected chi connectivity index (χ2v) is 4.27. The summed E-state index contributed by atoms with van der Waals surface area (Å²) in [5.74, 6) is 0.0317. The molecule has 1 aromatic heterocycles. The van der Waals surface area contributed by atoms with E-state index in [4.69, 9.17) is 5.26 Å². The summed E-state index contributed by atoms with van der Waals surface area (Å²) >= 11 is 0. The van der Waals surface area contributed by atoms with Crippen LogP contribution in [0.4, 0.5) is 0 Å². The van der Waals surface area contributed by atoms with Crippen molar-refractivity contribution in [1.29, 1.82) is 5.26 Å². The van der Waals surface area contributed by atoms with E-state index in [-0.39, 0.29) is 11.9 Å². The lowest BCUT2D eigenvalue weighted by Crippen LogP contribution is -2.32. The second-order valence-electron chi connectivity index (χ2n) is 4.27. The van der Waals surface area contributed by atoms with Crippen molar-refractivity contribution in [2.24, 2.45) is 0 Å². The van der Waals surface area contributed by atoms with E-state index in [1.54, 1.807) is 12.3 Å². The zero-order valence-corrected chi connectivity index (χ0v) is 10.7. The fourth-order valence-electron chi connectivity index (χ4n) is 1.50. The molecular formula is C13H18N4O. The molecule has 18 heavy (non-hydrogen) atoms. The minimum atomic E-state index is 0.0317. The van der Waals surface area contributed by atoms with Gasteiger partial charge in [-0.2, -0.15) is 5.26 Å². The SMILES string of the molecule is CC(C)NC(=O)CCNCc1cccnc1C#N. The van der Waals surface area contributed by atoms with Crippen molar-refractivity contribution in [2.75, 3.05) is 6.54 Å². The van der Waals surface area contributed by atoms with Gasteiger partial charge in [0.05, 0.1) is 0 Å². The number of rotatable bonds is 6. The first kappa shape index (κ1) is 14.1. The van der Waals surface area contributed by atoms with Gasteiger partial charge in [-0.3, -0.25) is 4.79 Å². The molecule has 1 rings (SSSR count). The Bertz CT molecular complexity index is 437. The van der Waals surface area contributed by atoms with Gasteiger partial charge in [0.2, 0.25) is 5.91 Å². The molecule has 5 heteroatoms. The largest absolute Gasteiger partial charge is 0.354 e. The van der Waals surface area contributed by atoms with Gasteiger partial charge in [0.25, 0.3) is 0 Å². The van der Waals surface area contributed by atoms with Crippen molar-refractivity contribution in [3.8, 4) is 6.07 Å². The Morgan fingerprint density at radius 3 is 3.00 bits per heavy atom. The van der Waals surface area contributed by atoms with Gasteiger partial charge in [0, 0.05) is 37.3 Å². The van der Waals surface area contributed by atoms with Gasteiger partial charge < -0.3 is 10.6 Å². The van der Waals surface area contributed by atoms with Crippen LogP contribution in [0.5, 0.6) is 0 Å². The first-order chi connectivity index (χ1) is 8.63. The van der Waals surface area contributed by atoms with Crippen LogP contribution in [0.1, 0.15) is 31.5 Å². The molecule has 0 saturated heterocycles. The fourth-order valence-corrected chi connectivity index (χ4v) is 1.50. The molecular weight excluding hydrogens is 228 g/mol. The Morgan fingerprint density at radius 1 is 1.56 bits per heavy atom. The number of nitrogens with one attached hydrogen (secondary N) is 2.